The summed E-state index contributed by atoms with van der Waals surface area (Å²) in [5.41, 5.74) is 7.05. The second-order valence-electron chi connectivity index (χ2n) is 4.90. The van der Waals surface area contributed by atoms with Gasteiger partial charge in [0.1, 0.15) is 10.6 Å². The summed E-state index contributed by atoms with van der Waals surface area (Å²) in [6, 6.07) is 2.95. The SMILES string of the molecule is COc1cc(C)c(N)cc1S(=O)(=O)N(C)C1CCOC1. The first-order chi connectivity index (χ1) is 9.37. The van der Waals surface area contributed by atoms with E-state index in [9.17, 15) is 8.42 Å². The number of likely N-dealkylation sites (N-methyl/N-ethyl adjacent to an activating group) is 1. The Bertz CT molecular complexity index is 595. The molecule has 6 nitrogen and oxygen atoms in total. The Morgan fingerprint density at radius 1 is 1.45 bits per heavy atom. The van der Waals surface area contributed by atoms with Crippen molar-refractivity contribution in [3.63, 3.8) is 0 Å². The van der Waals surface area contributed by atoms with E-state index < -0.39 is 10.0 Å². The fourth-order valence-electron chi connectivity index (χ4n) is 2.20. The average molecular weight is 300 g/mol. The summed E-state index contributed by atoms with van der Waals surface area (Å²) in [7, 11) is -0.649. The maximum atomic E-state index is 12.7. The quantitative estimate of drug-likeness (QED) is 0.839. The molecular weight excluding hydrogens is 280 g/mol. The maximum absolute atomic E-state index is 12.7. The van der Waals surface area contributed by atoms with Gasteiger partial charge in [0.25, 0.3) is 0 Å². The molecule has 112 valence electrons. The van der Waals surface area contributed by atoms with Crippen LogP contribution in [0.3, 0.4) is 0 Å². The van der Waals surface area contributed by atoms with E-state index in [0.717, 1.165) is 5.56 Å². The molecule has 7 heteroatoms. The van der Waals surface area contributed by atoms with Crippen LogP contribution in [-0.4, -0.2) is 46.1 Å². The molecule has 1 aromatic rings. The molecule has 1 unspecified atom stereocenters. The van der Waals surface area contributed by atoms with Crippen LogP contribution in [0, 0.1) is 6.92 Å². The lowest BCUT2D eigenvalue weighted by atomic mass is 10.2. The lowest BCUT2D eigenvalue weighted by Crippen LogP contribution is -2.37. The molecule has 1 aromatic carbocycles. The highest BCUT2D eigenvalue weighted by Crippen LogP contribution is 2.32. The summed E-state index contributed by atoms with van der Waals surface area (Å²) in [5.74, 6) is 0.308. The summed E-state index contributed by atoms with van der Waals surface area (Å²) in [4.78, 5) is 0.0949. The van der Waals surface area contributed by atoms with Gasteiger partial charge in [0.2, 0.25) is 10.0 Å². The molecule has 0 aliphatic carbocycles. The molecule has 0 bridgehead atoms. The van der Waals surface area contributed by atoms with Crippen LogP contribution in [0.4, 0.5) is 5.69 Å². The van der Waals surface area contributed by atoms with Crippen molar-refractivity contribution in [3.05, 3.63) is 17.7 Å². The zero-order valence-electron chi connectivity index (χ0n) is 11.9. The predicted molar refractivity (Wildman–Crippen MR) is 76.3 cm³/mol. The molecule has 1 atom stereocenters. The number of rotatable bonds is 4. The third-order valence-corrected chi connectivity index (χ3v) is 5.56. The molecule has 0 amide bonds. The van der Waals surface area contributed by atoms with Gasteiger partial charge >= 0.3 is 0 Å². The van der Waals surface area contributed by atoms with E-state index in [1.165, 1.54) is 17.5 Å². The molecule has 1 saturated heterocycles. The zero-order valence-corrected chi connectivity index (χ0v) is 12.7. The van der Waals surface area contributed by atoms with Crippen molar-refractivity contribution in [2.45, 2.75) is 24.3 Å². The van der Waals surface area contributed by atoms with Gasteiger partial charge in [0, 0.05) is 19.3 Å². The molecule has 1 aliphatic rings. The molecule has 0 spiro atoms. The highest BCUT2D eigenvalue weighted by Gasteiger charge is 2.33. The normalized spacial score (nSPS) is 19.5. The van der Waals surface area contributed by atoms with E-state index in [2.05, 4.69) is 0 Å². The van der Waals surface area contributed by atoms with Crippen molar-refractivity contribution in [2.24, 2.45) is 0 Å². The predicted octanol–water partition coefficient (Wildman–Crippen LogP) is 0.995. The number of methoxy groups -OCH3 is 1. The van der Waals surface area contributed by atoms with Crippen molar-refractivity contribution in [3.8, 4) is 5.75 Å². The first kappa shape index (κ1) is 15.1. The van der Waals surface area contributed by atoms with Crippen LogP contribution in [0.5, 0.6) is 5.75 Å². The fraction of sp³-hybridized carbons (Fsp3) is 0.538. The van der Waals surface area contributed by atoms with Gasteiger partial charge in [-0.25, -0.2) is 8.42 Å². The summed E-state index contributed by atoms with van der Waals surface area (Å²) >= 11 is 0. The van der Waals surface area contributed by atoms with Crippen molar-refractivity contribution in [2.75, 3.05) is 33.1 Å². The number of hydrogen-bond donors (Lipinski definition) is 1. The monoisotopic (exact) mass is 300 g/mol. The van der Waals surface area contributed by atoms with Crippen LogP contribution in [-0.2, 0) is 14.8 Å². The largest absolute Gasteiger partial charge is 0.495 e. The second-order valence-corrected chi connectivity index (χ2v) is 6.86. The van der Waals surface area contributed by atoms with E-state index in [1.807, 2.05) is 6.92 Å². The average Bonchev–Trinajstić information content (AvgIpc) is 2.94. The number of nitrogens with zero attached hydrogens (tertiary/aromatic N) is 1. The lowest BCUT2D eigenvalue weighted by molar-refractivity contribution is 0.180. The Morgan fingerprint density at radius 3 is 2.70 bits per heavy atom. The number of anilines is 1. The second kappa shape index (κ2) is 5.59. The van der Waals surface area contributed by atoms with Gasteiger partial charge < -0.3 is 15.2 Å². The van der Waals surface area contributed by atoms with Gasteiger partial charge in [-0.15, -0.1) is 0 Å². The maximum Gasteiger partial charge on any atom is 0.246 e. The number of nitrogens with two attached hydrogens (primary N) is 1. The minimum Gasteiger partial charge on any atom is -0.495 e. The Morgan fingerprint density at radius 2 is 2.15 bits per heavy atom. The van der Waals surface area contributed by atoms with Crippen LogP contribution in [0.15, 0.2) is 17.0 Å². The van der Waals surface area contributed by atoms with Gasteiger partial charge in [-0.1, -0.05) is 0 Å². The molecular formula is C13H20N2O4S. The van der Waals surface area contributed by atoms with Gasteiger partial charge in [-0.05, 0) is 31.0 Å². The molecule has 2 rings (SSSR count). The minimum atomic E-state index is -3.66. The first-order valence-corrected chi connectivity index (χ1v) is 7.82. The smallest absolute Gasteiger partial charge is 0.246 e. The van der Waals surface area contributed by atoms with E-state index in [-0.39, 0.29) is 10.9 Å². The van der Waals surface area contributed by atoms with Crippen molar-refractivity contribution >= 4 is 15.7 Å². The summed E-state index contributed by atoms with van der Waals surface area (Å²) in [6.07, 6.45) is 0.694. The van der Waals surface area contributed by atoms with Gasteiger partial charge in [0.05, 0.1) is 19.8 Å². The Labute approximate surface area is 119 Å². The Hall–Kier alpha value is -1.31. The molecule has 1 heterocycles. The highest BCUT2D eigenvalue weighted by molar-refractivity contribution is 7.89. The van der Waals surface area contributed by atoms with Gasteiger partial charge in [-0.2, -0.15) is 4.31 Å². The Balaban J connectivity index is 2.45. The van der Waals surface area contributed by atoms with Gasteiger partial charge in [0.15, 0.2) is 0 Å². The molecule has 0 radical (unpaired) electrons. The molecule has 1 fully saturated rings. The molecule has 2 N–H and O–H groups in total. The summed E-state index contributed by atoms with van der Waals surface area (Å²) in [6.45, 7) is 2.81. The zero-order chi connectivity index (χ0) is 14.9. The van der Waals surface area contributed by atoms with Crippen molar-refractivity contribution < 1.29 is 17.9 Å². The highest BCUT2D eigenvalue weighted by atomic mass is 32.2. The minimum absolute atomic E-state index is 0.0949. The number of sulfonamides is 1. The van der Waals surface area contributed by atoms with E-state index >= 15 is 0 Å². The van der Waals surface area contributed by atoms with Crippen molar-refractivity contribution in [1.29, 1.82) is 0 Å². The topological polar surface area (TPSA) is 81.9 Å². The fourth-order valence-corrected chi connectivity index (χ4v) is 3.74. The summed E-state index contributed by atoms with van der Waals surface area (Å²) < 4.78 is 37.2. The van der Waals surface area contributed by atoms with Crippen molar-refractivity contribution in [1.82, 2.24) is 4.31 Å². The number of ether oxygens (including phenoxy) is 2. The van der Waals surface area contributed by atoms with Crippen LogP contribution < -0.4 is 10.5 Å². The van der Waals surface area contributed by atoms with E-state index in [4.69, 9.17) is 15.2 Å². The van der Waals surface area contributed by atoms with Crippen LogP contribution >= 0.6 is 0 Å². The molecule has 20 heavy (non-hydrogen) atoms. The van der Waals surface area contributed by atoms with E-state index in [1.54, 1.807) is 13.1 Å². The number of aryl methyl sites for hydroxylation is 1. The van der Waals surface area contributed by atoms with Crippen LogP contribution in [0.2, 0.25) is 0 Å². The Kier molecular flexibility index (Phi) is 4.22. The van der Waals surface area contributed by atoms with Gasteiger partial charge in [-0.3, -0.25) is 0 Å². The first-order valence-electron chi connectivity index (χ1n) is 6.38. The van der Waals surface area contributed by atoms with Crippen LogP contribution in [0.1, 0.15) is 12.0 Å². The van der Waals surface area contributed by atoms with E-state index in [0.29, 0.717) is 31.1 Å². The molecule has 1 aliphatic heterocycles. The number of nitrogen functional groups attached to an aromatic ring is 1. The standard InChI is InChI=1S/C13H20N2O4S/c1-9-6-12(18-3)13(7-11(9)14)20(16,17)15(2)10-4-5-19-8-10/h6-7,10H,4-5,8,14H2,1-3H3. The third-order valence-electron chi connectivity index (χ3n) is 3.63. The molecule has 0 aromatic heterocycles. The van der Waals surface area contributed by atoms with Crippen LogP contribution in [0.25, 0.3) is 0 Å². The number of benzene rings is 1. The summed E-state index contributed by atoms with van der Waals surface area (Å²) in [5, 5.41) is 0. The third kappa shape index (κ3) is 2.61. The lowest BCUT2D eigenvalue weighted by Gasteiger charge is -2.24. The number of hydrogen-bond acceptors (Lipinski definition) is 5. The molecule has 0 saturated carbocycles.